The van der Waals surface area contributed by atoms with E-state index in [1.807, 2.05) is 13.8 Å². The number of aliphatic imine (C=N–C) groups is 2. The zero-order valence-corrected chi connectivity index (χ0v) is 16.0. The highest BCUT2D eigenvalue weighted by Gasteiger charge is 2.21. The van der Waals surface area contributed by atoms with Crippen molar-refractivity contribution >= 4 is 35.4 Å². The summed E-state index contributed by atoms with van der Waals surface area (Å²) in [6.07, 6.45) is 3.86. The lowest BCUT2D eigenvalue weighted by molar-refractivity contribution is 0.122. The molecular formula is C18H23N9O. The topological polar surface area (TPSA) is 131 Å². The molecular weight excluding hydrogens is 358 g/mol. The monoisotopic (exact) mass is 381 g/mol. The van der Waals surface area contributed by atoms with E-state index in [0.717, 1.165) is 5.57 Å². The summed E-state index contributed by atoms with van der Waals surface area (Å²) in [5, 5.41) is 9.50. The van der Waals surface area contributed by atoms with E-state index in [1.165, 1.54) is 0 Å². The molecule has 1 atom stereocenters. The molecule has 1 saturated heterocycles. The molecule has 0 aliphatic carbocycles. The second kappa shape index (κ2) is 8.58. The van der Waals surface area contributed by atoms with Gasteiger partial charge in [0.15, 0.2) is 5.65 Å². The molecule has 0 spiro atoms. The Morgan fingerprint density at radius 1 is 1.46 bits per heavy atom. The number of hydrogen-bond donors (Lipinski definition) is 1. The van der Waals surface area contributed by atoms with E-state index in [1.54, 1.807) is 17.1 Å². The minimum Gasteiger partial charge on any atom is -0.378 e. The number of allylic oxidation sites excluding steroid dienone is 1. The summed E-state index contributed by atoms with van der Waals surface area (Å²) in [5.41, 5.74) is 8.22. The van der Waals surface area contributed by atoms with Crippen LogP contribution in [0.2, 0.25) is 0 Å². The fraction of sp³-hybridized carbons (Fsp3) is 0.444. The summed E-state index contributed by atoms with van der Waals surface area (Å²) in [6, 6.07) is 1.94. The molecule has 1 fully saturated rings. The molecule has 2 aromatic heterocycles. The maximum absolute atomic E-state index is 9.50. The zero-order chi connectivity index (χ0) is 20.1. The van der Waals surface area contributed by atoms with Gasteiger partial charge in [-0.15, -0.1) is 0 Å². The summed E-state index contributed by atoms with van der Waals surface area (Å²) in [4.78, 5) is 23.6. The summed E-state index contributed by atoms with van der Waals surface area (Å²) in [7, 11) is 0. The summed E-state index contributed by atoms with van der Waals surface area (Å²) >= 11 is 0. The Hall–Kier alpha value is -3.32. The van der Waals surface area contributed by atoms with Gasteiger partial charge < -0.3 is 15.4 Å². The van der Waals surface area contributed by atoms with E-state index < -0.39 is 0 Å². The number of ether oxygens (including phenoxy) is 1. The van der Waals surface area contributed by atoms with Gasteiger partial charge in [0.1, 0.15) is 17.3 Å². The SMILES string of the molecule is C=NC(N)=N/C=C(\C)c1nc(N2CCOCC2)nc2c1ncn2C(C#N)CC. The predicted octanol–water partition coefficient (Wildman–Crippen LogP) is 1.51. The third-order valence-corrected chi connectivity index (χ3v) is 4.50. The summed E-state index contributed by atoms with van der Waals surface area (Å²) in [6.45, 7) is 9.80. The van der Waals surface area contributed by atoms with Crippen molar-refractivity contribution in [3.63, 3.8) is 0 Å². The van der Waals surface area contributed by atoms with Crippen molar-refractivity contribution in [1.82, 2.24) is 19.5 Å². The van der Waals surface area contributed by atoms with Crippen LogP contribution in [0.5, 0.6) is 0 Å². The van der Waals surface area contributed by atoms with Crippen LogP contribution in [0, 0.1) is 11.3 Å². The second-order valence-corrected chi connectivity index (χ2v) is 6.31. The Morgan fingerprint density at radius 3 is 2.86 bits per heavy atom. The van der Waals surface area contributed by atoms with Crippen LogP contribution in [0.25, 0.3) is 16.7 Å². The number of hydrogen-bond acceptors (Lipinski definition) is 7. The number of morpholine rings is 1. The van der Waals surface area contributed by atoms with Crippen molar-refractivity contribution in [3.8, 4) is 6.07 Å². The maximum Gasteiger partial charge on any atom is 0.228 e. The molecule has 2 N–H and O–H groups in total. The van der Waals surface area contributed by atoms with E-state index in [9.17, 15) is 5.26 Å². The van der Waals surface area contributed by atoms with Crippen LogP contribution in [0.15, 0.2) is 22.5 Å². The van der Waals surface area contributed by atoms with E-state index in [2.05, 4.69) is 32.7 Å². The smallest absolute Gasteiger partial charge is 0.228 e. The second-order valence-electron chi connectivity index (χ2n) is 6.31. The molecule has 1 aliphatic rings. The first kappa shape index (κ1) is 19.4. The van der Waals surface area contributed by atoms with E-state index >= 15 is 0 Å². The van der Waals surface area contributed by atoms with Gasteiger partial charge in [0, 0.05) is 19.3 Å². The largest absolute Gasteiger partial charge is 0.378 e. The molecule has 0 radical (unpaired) electrons. The maximum atomic E-state index is 9.50. The molecule has 28 heavy (non-hydrogen) atoms. The highest BCUT2D eigenvalue weighted by atomic mass is 16.5. The number of guanidine groups is 1. The molecule has 3 rings (SSSR count). The van der Waals surface area contributed by atoms with Gasteiger partial charge in [-0.05, 0) is 25.6 Å². The van der Waals surface area contributed by atoms with Gasteiger partial charge in [-0.2, -0.15) is 10.2 Å². The molecule has 0 amide bonds. The van der Waals surface area contributed by atoms with Crippen molar-refractivity contribution in [1.29, 1.82) is 5.26 Å². The molecule has 1 aliphatic heterocycles. The van der Waals surface area contributed by atoms with E-state index in [0.29, 0.717) is 55.5 Å². The molecule has 2 aromatic rings. The van der Waals surface area contributed by atoms with Crippen LogP contribution in [0.1, 0.15) is 32.0 Å². The van der Waals surface area contributed by atoms with Crippen molar-refractivity contribution in [2.45, 2.75) is 26.3 Å². The lowest BCUT2D eigenvalue weighted by Crippen LogP contribution is -2.37. The number of nitrogens with zero attached hydrogens (tertiary/aromatic N) is 8. The number of imidazole rings is 1. The fourth-order valence-corrected chi connectivity index (χ4v) is 2.93. The first-order valence-electron chi connectivity index (χ1n) is 9.03. The van der Waals surface area contributed by atoms with Crippen LogP contribution in [0.3, 0.4) is 0 Å². The van der Waals surface area contributed by atoms with E-state index in [4.69, 9.17) is 20.4 Å². The molecule has 146 valence electrons. The molecule has 3 heterocycles. The van der Waals surface area contributed by atoms with Crippen LogP contribution in [-0.4, -0.2) is 58.5 Å². The quantitative estimate of drug-likeness (QED) is 0.613. The predicted molar refractivity (Wildman–Crippen MR) is 108 cm³/mol. The van der Waals surface area contributed by atoms with Crippen LogP contribution in [0.4, 0.5) is 5.95 Å². The number of aromatic nitrogens is 4. The van der Waals surface area contributed by atoms with Gasteiger partial charge in [-0.3, -0.25) is 4.57 Å². The molecule has 10 nitrogen and oxygen atoms in total. The fourth-order valence-electron chi connectivity index (χ4n) is 2.93. The van der Waals surface area contributed by atoms with Gasteiger partial charge in [0.25, 0.3) is 0 Å². The van der Waals surface area contributed by atoms with E-state index in [-0.39, 0.29) is 12.0 Å². The Kier molecular flexibility index (Phi) is 5.96. The average molecular weight is 381 g/mol. The van der Waals surface area contributed by atoms with Crippen molar-refractivity contribution in [2.75, 3.05) is 31.2 Å². The Balaban J connectivity index is 2.18. The molecule has 0 bridgehead atoms. The zero-order valence-electron chi connectivity index (χ0n) is 16.0. The highest BCUT2D eigenvalue weighted by molar-refractivity contribution is 5.87. The molecule has 10 heteroatoms. The number of nitriles is 1. The molecule has 0 aromatic carbocycles. The first-order chi connectivity index (χ1) is 13.6. The number of nitrogens with two attached hydrogens (primary N) is 1. The molecule has 1 unspecified atom stereocenters. The van der Waals surface area contributed by atoms with Gasteiger partial charge in [-0.25, -0.2) is 20.0 Å². The first-order valence-corrected chi connectivity index (χ1v) is 9.03. The lowest BCUT2D eigenvalue weighted by Gasteiger charge is -2.27. The third kappa shape index (κ3) is 3.84. The van der Waals surface area contributed by atoms with Crippen molar-refractivity contribution in [3.05, 3.63) is 18.2 Å². The number of anilines is 1. The third-order valence-electron chi connectivity index (χ3n) is 4.50. The van der Waals surface area contributed by atoms with Gasteiger partial charge >= 0.3 is 0 Å². The van der Waals surface area contributed by atoms with Gasteiger partial charge in [0.2, 0.25) is 11.9 Å². The Labute approximate surface area is 163 Å². The van der Waals surface area contributed by atoms with Crippen LogP contribution in [-0.2, 0) is 4.74 Å². The van der Waals surface area contributed by atoms with Crippen LogP contribution >= 0.6 is 0 Å². The van der Waals surface area contributed by atoms with Gasteiger partial charge in [-0.1, -0.05) is 6.92 Å². The summed E-state index contributed by atoms with van der Waals surface area (Å²) < 4.78 is 7.22. The Bertz CT molecular complexity index is 963. The Morgan fingerprint density at radius 2 is 2.21 bits per heavy atom. The lowest BCUT2D eigenvalue weighted by atomic mass is 10.2. The minimum absolute atomic E-state index is 0.0686. The van der Waals surface area contributed by atoms with Crippen molar-refractivity contribution < 1.29 is 4.74 Å². The number of fused-ring (bicyclic) bond motifs is 1. The minimum atomic E-state index is -0.354. The van der Waals surface area contributed by atoms with Crippen molar-refractivity contribution in [2.24, 2.45) is 15.7 Å². The average Bonchev–Trinajstić information content (AvgIpc) is 3.16. The van der Waals surface area contributed by atoms with Gasteiger partial charge in [0.05, 0.1) is 25.6 Å². The number of rotatable bonds is 5. The summed E-state index contributed by atoms with van der Waals surface area (Å²) in [5.74, 6) is 0.644. The molecule has 0 saturated carbocycles. The van der Waals surface area contributed by atoms with Crippen LogP contribution < -0.4 is 10.6 Å². The standard InChI is InChI=1S/C18H23N9O/c1-4-13(9-19)27-11-23-15-14(12(2)10-22-17(20)21-3)24-18(25-16(15)27)26-5-7-28-8-6-26/h10-11,13H,3-8H2,1-2H3,(H2,20,22)/b12-10+. The highest BCUT2D eigenvalue weighted by Crippen LogP contribution is 2.27. The normalized spacial score (nSPS) is 16.8.